The van der Waals surface area contributed by atoms with Gasteiger partial charge in [0, 0.05) is 37.6 Å². The minimum absolute atomic E-state index is 0.769. The van der Waals surface area contributed by atoms with Gasteiger partial charge in [-0.1, -0.05) is 164 Å². The second-order valence-corrected chi connectivity index (χ2v) is 15.7. The van der Waals surface area contributed by atoms with Gasteiger partial charge in [-0.15, -0.1) is 0 Å². The van der Waals surface area contributed by atoms with Crippen molar-refractivity contribution in [2.45, 2.75) is 0 Å². The van der Waals surface area contributed by atoms with Gasteiger partial charge >= 0.3 is 0 Å². The smallest absolute Gasteiger partial charge is 0.171 e. The maximum Gasteiger partial charge on any atom is 0.171 e. The average Bonchev–Trinajstić information content (AvgIpc) is 3.60. The lowest BCUT2D eigenvalue weighted by Gasteiger charge is -2.20. The highest BCUT2D eigenvalue weighted by Gasteiger charge is 2.30. The summed E-state index contributed by atoms with van der Waals surface area (Å²) in [5, 5.41) is 10.3. The lowest BCUT2D eigenvalue weighted by atomic mass is 9.92. The van der Waals surface area contributed by atoms with Gasteiger partial charge in [0.05, 0.1) is 5.52 Å². The molecule has 0 fully saturated rings. The molecule has 0 N–H and O–H groups in total. The summed E-state index contributed by atoms with van der Waals surface area (Å²) >= 11 is 0. The second-order valence-electron chi connectivity index (χ2n) is 13.0. The Morgan fingerprint density at radius 2 is 1.04 bits per heavy atom. The number of pyridine rings is 1. The van der Waals surface area contributed by atoms with Crippen molar-refractivity contribution in [1.29, 1.82) is 0 Å². The molecule has 51 heavy (non-hydrogen) atoms. The number of furan rings is 1. The zero-order chi connectivity index (χ0) is 33.9. The third-order valence-corrected chi connectivity index (χ3v) is 13.2. The van der Waals surface area contributed by atoms with Gasteiger partial charge < -0.3 is 8.98 Å². The summed E-state index contributed by atoms with van der Waals surface area (Å²) in [6.45, 7) is 0. The number of aromatic nitrogens is 1. The Morgan fingerprint density at radius 1 is 0.451 bits per heavy atom. The number of nitrogens with zero attached hydrogens (tertiary/aromatic N) is 1. The van der Waals surface area contributed by atoms with Crippen LogP contribution >= 0.6 is 7.14 Å². The van der Waals surface area contributed by atoms with E-state index in [0.29, 0.717) is 0 Å². The van der Waals surface area contributed by atoms with Crippen LogP contribution in [0.3, 0.4) is 0 Å². The maximum absolute atomic E-state index is 15.1. The van der Waals surface area contributed by atoms with E-state index >= 15 is 4.57 Å². The molecule has 0 radical (unpaired) electrons. The van der Waals surface area contributed by atoms with Gasteiger partial charge in [-0.2, -0.15) is 0 Å². The lowest BCUT2D eigenvalue weighted by molar-refractivity contribution is 0.592. The van der Waals surface area contributed by atoms with Crippen LogP contribution in [0.2, 0.25) is 0 Å². The second kappa shape index (κ2) is 11.7. The Labute approximate surface area is 294 Å². The predicted molar refractivity (Wildman–Crippen MR) is 214 cm³/mol. The molecule has 10 rings (SSSR count). The Hall–Kier alpha value is -6.28. The highest BCUT2D eigenvalue weighted by Crippen LogP contribution is 2.46. The van der Waals surface area contributed by atoms with E-state index in [2.05, 4.69) is 97.1 Å². The third-order valence-electron chi connectivity index (χ3n) is 10.1. The molecule has 0 aliphatic rings. The van der Waals surface area contributed by atoms with Gasteiger partial charge in [-0.3, -0.25) is 0 Å². The Bertz CT molecular complexity index is 2940. The van der Waals surface area contributed by atoms with Gasteiger partial charge in [-0.05, 0) is 50.9 Å². The predicted octanol–water partition coefficient (Wildman–Crippen LogP) is 11.4. The van der Waals surface area contributed by atoms with Crippen molar-refractivity contribution < 1.29 is 8.98 Å². The zero-order valence-electron chi connectivity index (χ0n) is 27.5. The molecule has 0 aliphatic heterocycles. The van der Waals surface area contributed by atoms with Crippen LogP contribution in [0.4, 0.5) is 0 Å². The van der Waals surface area contributed by atoms with Crippen molar-refractivity contribution in [3.05, 3.63) is 182 Å². The highest BCUT2D eigenvalue weighted by atomic mass is 31.2. The normalized spacial score (nSPS) is 12.0. The average molecular weight is 672 g/mol. The molecule has 3 nitrogen and oxygen atoms in total. The van der Waals surface area contributed by atoms with Crippen molar-refractivity contribution in [3.63, 3.8) is 0 Å². The monoisotopic (exact) mass is 671 g/mol. The lowest BCUT2D eigenvalue weighted by Crippen LogP contribution is -2.24. The van der Waals surface area contributed by atoms with Crippen LogP contribution in [0.25, 0.3) is 76.8 Å². The van der Waals surface area contributed by atoms with Gasteiger partial charge in [0.1, 0.15) is 11.3 Å². The first-order valence-electron chi connectivity index (χ1n) is 17.2. The van der Waals surface area contributed by atoms with Crippen LogP contribution in [0.15, 0.2) is 186 Å². The molecule has 4 heteroatoms. The largest absolute Gasteiger partial charge is 0.454 e. The first-order valence-corrected chi connectivity index (χ1v) is 18.9. The number of rotatable bonds is 5. The molecule has 8 aromatic carbocycles. The molecule has 0 spiro atoms. The summed E-state index contributed by atoms with van der Waals surface area (Å²) in [6, 6.07) is 61.8. The molecule has 240 valence electrons. The standard InChI is InChI=1S/C47H30NO2P/c49-51(33-15-3-1-4-16-33,34-17-5-2-6-18-34)35-28-26-31(27-29-35)37-23-13-24-42-44(37)45-40-22-11-12-25-43(40)50-47(45)46(48-42)41-30-32-14-7-8-19-36(32)38-20-9-10-21-39(38)41/h1-30H. The summed E-state index contributed by atoms with van der Waals surface area (Å²) in [4.78, 5) is 5.41. The van der Waals surface area contributed by atoms with E-state index in [1.165, 1.54) is 10.8 Å². The van der Waals surface area contributed by atoms with Gasteiger partial charge in [-0.25, -0.2) is 4.98 Å². The molecular weight excluding hydrogens is 641 g/mol. The number of hydrogen-bond donors (Lipinski definition) is 0. The highest BCUT2D eigenvalue weighted by molar-refractivity contribution is 7.85. The van der Waals surface area contributed by atoms with E-state index in [1.807, 2.05) is 84.9 Å². The van der Waals surface area contributed by atoms with Crippen molar-refractivity contribution >= 4 is 77.4 Å². The summed E-state index contributed by atoms with van der Waals surface area (Å²) < 4.78 is 21.8. The van der Waals surface area contributed by atoms with E-state index in [-0.39, 0.29) is 0 Å². The number of fused-ring (bicyclic) bond motifs is 8. The molecule has 0 amide bonds. The minimum Gasteiger partial charge on any atom is -0.454 e. The molecule has 0 aliphatic carbocycles. The van der Waals surface area contributed by atoms with Crippen LogP contribution in [-0.4, -0.2) is 4.98 Å². The maximum atomic E-state index is 15.1. The van der Waals surface area contributed by atoms with Crippen molar-refractivity contribution in [3.8, 4) is 22.4 Å². The summed E-state index contributed by atoms with van der Waals surface area (Å²) in [5.74, 6) is 0. The molecule has 10 aromatic rings. The fourth-order valence-corrected chi connectivity index (χ4v) is 10.4. The quantitative estimate of drug-likeness (QED) is 0.135. The Morgan fingerprint density at radius 3 is 1.76 bits per heavy atom. The molecule has 0 unspecified atom stereocenters. The first-order chi connectivity index (χ1) is 25.2. The van der Waals surface area contributed by atoms with Crippen LogP contribution in [-0.2, 0) is 4.57 Å². The molecule has 2 aromatic heterocycles. The number of benzene rings is 8. The molecule has 0 bridgehead atoms. The van der Waals surface area contributed by atoms with Gasteiger partial charge in [0.25, 0.3) is 0 Å². The fourth-order valence-electron chi connectivity index (χ4n) is 7.77. The Kier molecular flexibility index (Phi) is 6.77. The number of hydrogen-bond acceptors (Lipinski definition) is 3. The van der Waals surface area contributed by atoms with Crippen molar-refractivity contribution in [2.24, 2.45) is 0 Å². The van der Waals surface area contributed by atoms with E-state index < -0.39 is 7.14 Å². The molecule has 0 saturated heterocycles. The zero-order valence-corrected chi connectivity index (χ0v) is 28.4. The summed E-state index contributed by atoms with van der Waals surface area (Å²) in [5.41, 5.74) is 6.43. The summed E-state index contributed by atoms with van der Waals surface area (Å²) in [6.07, 6.45) is 0. The van der Waals surface area contributed by atoms with Crippen LogP contribution in [0, 0.1) is 0 Å². The van der Waals surface area contributed by atoms with Crippen LogP contribution in [0.1, 0.15) is 0 Å². The van der Waals surface area contributed by atoms with E-state index in [0.717, 1.165) is 81.9 Å². The third kappa shape index (κ3) is 4.59. The van der Waals surface area contributed by atoms with E-state index in [1.54, 1.807) is 0 Å². The Balaban J connectivity index is 1.22. The fraction of sp³-hybridized carbons (Fsp3) is 0. The molecular formula is C47H30NO2P. The molecule has 2 heterocycles. The van der Waals surface area contributed by atoms with Crippen molar-refractivity contribution in [1.82, 2.24) is 4.98 Å². The topological polar surface area (TPSA) is 43.1 Å². The van der Waals surface area contributed by atoms with E-state index in [4.69, 9.17) is 9.40 Å². The first kappa shape index (κ1) is 29.6. The van der Waals surface area contributed by atoms with Gasteiger partial charge in [0.2, 0.25) is 0 Å². The van der Waals surface area contributed by atoms with E-state index in [9.17, 15) is 0 Å². The van der Waals surface area contributed by atoms with Gasteiger partial charge in [0.15, 0.2) is 12.7 Å². The number of para-hydroxylation sites is 1. The van der Waals surface area contributed by atoms with Crippen molar-refractivity contribution in [2.75, 3.05) is 0 Å². The van der Waals surface area contributed by atoms with Crippen LogP contribution in [0.5, 0.6) is 0 Å². The SMILES string of the molecule is O=P(c1ccccc1)(c1ccccc1)c1ccc(-c2cccc3nc(-c4cc5ccccc5c5ccccc45)c4oc5ccccc5c4c23)cc1. The summed E-state index contributed by atoms with van der Waals surface area (Å²) in [7, 11) is -3.10. The minimum atomic E-state index is -3.10. The van der Waals surface area contributed by atoms with Crippen LogP contribution < -0.4 is 15.9 Å². The molecule has 0 saturated carbocycles. The molecule has 0 atom stereocenters.